The summed E-state index contributed by atoms with van der Waals surface area (Å²) in [6.07, 6.45) is -4.88. The van der Waals surface area contributed by atoms with Gasteiger partial charge in [0.1, 0.15) is 17.7 Å². The molecule has 0 unspecified atom stereocenters. The lowest BCUT2D eigenvalue weighted by Gasteiger charge is -2.28. The number of methoxy groups -OCH3 is 1. The molecule has 1 fully saturated rings. The molecule has 1 aromatic heterocycles. The van der Waals surface area contributed by atoms with E-state index in [1.54, 1.807) is 0 Å². The van der Waals surface area contributed by atoms with Gasteiger partial charge in [-0.1, -0.05) is 6.42 Å². The van der Waals surface area contributed by atoms with Gasteiger partial charge in [-0.3, -0.25) is 14.4 Å². The van der Waals surface area contributed by atoms with Crippen molar-refractivity contribution in [1.29, 1.82) is 0 Å². The van der Waals surface area contributed by atoms with Gasteiger partial charge in [-0.2, -0.15) is 0 Å². The molecule has 1 aliphatic carbocycles. The smallest absolute Gasteiger partial charge is 0.481 e. The average molecular weight is 650 g/mol. The number of carbonyl (C=O) groups excluding carboxylic acids is 2. The fourth-order valence-electron chi connectivity index (χ4n) is 5.27. The first-order valence-electron chi connectivity index (χ1n) is 13.7. The van der Waals surface area contributed by atoms with E-state index in [1.165, 1.54) is 13.2 Å². The number of carboxylic acid groups (broad SMARTS) is 1. The number of ether oxygens (including phenoxy) is 5. The lowest BCUT2D eigenvalue weighted by molar-refractivity contribution is -0.287. The van der Waals surface area contributed by atoms with Gasteiger partial charge in [0, 0.05) is 23.9 Å². The molecule has 0 spiro atoms. The number of fused-ring (bicyclic) bond motifs is 2. The van der Waals surface area contributed by atoms with Crippen LogP contribution in [0, 0.1) is 5.92 Å². The Morgan fingerprint density at radius 2 is 1.57 bits per heavy atom. The molecule has 0 saturated heterocycles. The maximum absolute atomic E-state index is 13.9. The molecule has 2 atom stereocenters. The normalized spacial score (nSPS) is 20.0. The number of carboxylic acids is 1. The van der Waals surface area contributed by atoms with Crippen LogP contribution in [-0.2, 0) is 4.79 Å². The number of aliphatic carboxylic acids is 1. The molecule has 2 aromatic carbocycles. The van der Waals surface area contributed by atoms with E-state index in [9.17, 15) is 37.1 Å². The Morgan fingerprint density at radius 1 is 0.891 bits per heavy atom. The number of anilines is 3. The van der Waals surface area contributed by atoms with Crippen LogP contribution < -0.4 is 39.6 Å². The number of halogens is 4. The molecule has 6 rings (SSSR count). The number of benzene rings is 2. The van der Waals surface area contributed by atoms with Crippen LogP contribution in [0.3, 0.4) is 0 Å². The van der Waals surface area contributed by atoms with E-state index < -0.39 is 53.4 Å². The summed E-state index contributed by atoms with van der Waals surface area (Å²) in [5.74, 6) is -5.31. The Kier molecular flexibility index (Phi) is 7.57. The minimum atomic E-state index is -4.07. The molecule has 3 heterocycles. The van der Waals surface area contributed by atoms with Gasteiger partial charge in [0.25, 0.3) is 11.8 Å². The molecular weight excluding hydrogens is 626 g/mol. The number of nitrogens with one attached hydrogen (secondary N) is 3. The number of carbonyl (C=O) groups is 3. The number of nitrogens with zero attached hydrogens (tertiary/aromatic N) is 2. The summed E-state index contributed by atoms with van der Waals surface area (Å²) in [7, 11) is 1.24. The van der Waals surface area contributed by atoms with Gasteiger partial charge in [-0.15, -0.1) is 17.6 Å². The highest BCUT2D eigenvalue weighted by Crippen LogP contribution is 2.45. The maximum Gasteiger partial charge on any atom is 0.586 e. The molecule has 14 nitrogen and oxygen atoms in total. The van der Waals surface area contributed by atoms with Crippen LogP contribution in [0.4, 0.5) is 34.8 Å². The van der Waals surface area contributed by atoms with Crippen LogP contribution in [0.1, 0.15) is 46.4 Å². The average Bonchev–Trinajstić information content (AvgIpc) is 3.47. The van der Waals surface area contributed by atoms with E-state index in [0.717, 1.165) is 30.6 Å². The topological polar surface area (TPSA) is 179 Å². The molecule has 2 amide bonds. The molecular formula is C28H23F4N5O9. The van der Waals surface area contributed by atoms with Gasteiger partial charge in [0.2, 0.25) is 5.88 Å². The first-order valence-corrected chi connectivity index (χ1v) is 13.7. The van der Waals surface area contributed by atoms with Crippen LogP contribution in [0.15, 0.2) is 36.7 Å². The van der Waals surface area contributed by atoms with E-state index >= 15 is 0 Å². The summed E-state index contributed by atoms with van der Waals surface area (Å²) >= 11 is 0. The van der Waals surface area contributed by atoms with Gasteiger partial charge in [0.15, 0.2) is 23.0 Å². The van der Waals surface area contributed by atoms with Crippen LogP contribution in [0.5, 0.6) is 28.9 Å². The summed E-state index contributed by atoms with van der Waals surface area (Å²) in [5.41, 5.74) is -0.982. The molecule has 242 valence electrons. The van der Waals surface area contributed by atoms with Crippen molar-refractivity contribution in [2.45, 2.75) is 44.3 Å². The van der Waals surface area contributed by atoms with Crippen molar-refractivity contribution in [2.75, 3.05) is 23.1 Å². The van der Waals surface area contributed by atoms with Gasteiger partial charge in [-0.25, -0.2) is 9.97 Å². The monoisotopic (exact) mass is 649 g/mol. The van der Waals surface area contributed by atoms with Crippen molar-refractivity contribution in [3.8, 4) is 28.9 Å². The third-order valence-electron chi connectivity index (χ3n) is 7.29. The van der Waals surface area contributed by atoms with Crippen molar-refractivity contribution in [3.05, 3.63) is 47.8 Å². The summed E-state index contributed by atoms with van der Waals surface area (Å²) in [4.78, 5) is 46.8. The zero-order chi connectivity index (χ0) is 32.8. The van der Waals surface area contributed by atoms with Gasteiger partial charge < -0.3 is 44.7 Å². The molecule has 1 saturated carbocycles. The first-order chi connectivity index (χ1) is 21.8. The van der Waals surface area contributed by atoms with E-state index in [1.807, 2.05) is 0 Å². The second-order valence-corrected chi connectivity index (χ2v) is 10.4. The number of alkyl halides is 4. The van der Waals surface area contributed by atoms with E-state index in [2.05, 4.69) is 44.9 Å². The number of hydrogen-bond acceptors (Lipinski definition) is 11. The second kappa shape index (κ2) is 11.4. The quantitative estimate of drug-likeness (QED) is 0.248. The molecule has 3 aromatic rings. The van der Waals surface area contributed by atoms with E-state index in [0.29, 0.717) is 19.3 Å². The standard InChI is InChI=1S/C28H23F4N5O9/c1-42-25-21(22(33-11-34-25)35-13-4-2-3-12(7-13)26(40)41)24(39)37-16-10-20-19(45-28(31,32)46-20)9-15(16)23(38)36-14-5-6-17-18(8-14)44-27(29,30)43-17/h5-6,8-13H,2-4,7H2,1H3,(H,36,38)(H,37,39)(H,40,41)(H,33,34,35)/t12-,13+/m0/s1. The molecule has 46 heavy (non-hydrogen) atoms. The highest BCUT2D eigenvalue weighted by atomic mass is 19.3. The zero-order valence-corrected chi connectivity index (χ0v) is 23.6. The number of rotatable bonds is 8. The molecule has 2 aliphatic heterocycles. The Balaban J connectivity index is 1.30. The van der Waals surface area contributed by atoms with Crippen LogP contribution in [0.2, 0.25) is 0 Å². The Labute approximate surface area is 256 Å². The lowest BCUT2D eigenvalue weighted by Crippen LogP contribution is -2.32. The summed E-state index contributed by atoms with van der Waals surface area (Å²) in [6, 6.07) is 4.87. The van der Waals surface area contributed by atoms with Crippen LogP contribution >= 0.6 is 0 Å². The van der Waals surface area contributed by atoms with Crippen molar-refractivity contribution in [2.24, 2.45) is 5.92 Å². The van der Waals surface area contributed by atoms with Gasteiger partial charge in [-0.05, 0) is 37.5 Å². The fraction of sp³-hybridized carbons (Fsp3) is 0.321. The third-order valence-corrected chi connectivity index (χ3v) is 7.29. The largest absolute Gasteiger partial charge is 0.586 e. The SMILES string of the molecule is COc1ncnc(N[C@@H]2CCC[C@H](C(=O)O)C2)c1C(=O)Nc1cc2c(cc1C(=O)Nc1ccc3c(c1)OC(F)(F)O3)OC(F)(F)O2. The highest BCUT2D eigenvalue weighted by molar-refractivity contribution is 6.15. The van der Waals surface area contributed by atoms with Crippen molar-refractivity contribution in [1.82, 2.24) is 9.97 Å². The zero-order valence-electron chi connectivity index (χ0n) is 23.6. The molecule has 18 heteroatoms. The van der Waals surface area contributed by atoms with Crippen molar-refractivity contribution < 1.29 is 60.7 Å². The third kappa shape index (κ3) is 6.18. The summed E-state index contributed by atoms with van der Waals surface area (Å²) in [5, 5.41) is 17.4. The van der Waals surface area contributed by atoms with Crippen molar-refractivity contribution in [3.63, 3.8) is 0 Å². The predicted octanol–water partition coefficient (Wildman–Crippen LogP) is 4.69. The number of amides is 2. The van der Waals surface area contributed by atoms with E-state index in [4.69, 9.17) is 4.74 Å². The lowest BCUT2D eigenvalue weighted by atomic mass is 9.86. The summed E-state index contributed by atoms with van der Waals surface area (Å²) < 4.78 is 77.7. The minimum Gasteiger partial charge on any atom is -0.481 e. The van der Waals surface area contributed by atoms with Crippen molar-refractivity contribution >= 4 is 35.0 Å². The summed E-state index contributed by atoms with van der Waals surface area (Å²) in [6.45, 7) is 0. The Hall–Kier alpha value is -5.55. The highest BCUT2D eigenvalue weighted by Gasteiger charge is 2.45. The van der Waals surface area contributed by atoms with Crippen LogP contribution in [-0.4, -0.2) is 58.6 Å². The molecule has 4 N–H and O–H groups in total. The Morgan fingerprint density at radius 3 is 2.26 bits per heavy atom. The van der Waals surface area contributed by atoms with E-state index in [-0.39, 0.29) is 52.6 Å². The molecule has 0 radical (unpaired) electrons. The van der Waals surface area contributed by atoms with Crippen LogP contribution in [0.25, 0.3) is 0 Å². The van der Waals surface area contributed by atoms with Gasteiger partial charge in [0.05, 0.1) is 24.3 Å². The number of aromatic nitrogens is 2. The fourth-order valence-corrected chi connectivity index (χ4v) is 5.27. The minimum absolute atomic E-state index is 0.00386. The first kappa shape index (κ1) is 30.5. The second-order valence-electron chi connectivity index (χ2n) is 10.4. The maximum atomic E-state index is 13.9. The molecule has 3 aliphatic rings. The predicted molar refractivity (Wildman–Crippen MR) is 147 cm³/mol. The molecule has 0 bridgehead atoms. The Bertz CT molecular complexity index is 1740. The van der Waals surface area contributed by atoms with Gasteiger partial charge >= 0.3 is 18.6 Å². The number of hydrogen-bond donors (Lipinski definition) is 4.